The van der Waals surface area contributed by atoms with Crippen LogP contribution >= 0.6 is 0 Å². The lowest BCUT2D eigenvalue weighted by Crippen LogP contribution is -2.33. The molecule has 142 valence electrons. The lowest BCUT2D eigenvalue weighted by Gasteiger charge is -2.17. The predicted molar refractivity (Wildman–Crippen MR) is 96.7 cm³/mol. The molecule has 1 N–H and O–H groups in total. The van der Waals surface area contributed by atoms with Gasteiger partial charge in [0.05, 0.1) is 18.4 Å². The third-order valence-corrected chi connectivity index (χ3v) is 6.64. The highest BCUT2D eigenvalue weighted by molar-refractivity contribution is 7.89. The van der Waals surface area contributed by atoms with Crippen LogP contribution in [0.15, 0.2) is 28.8 Å². The van der Waals surface area contributed by atoms with Crippen molar-refractivity contribution >= 4 is 10.0 Å². The van der Waals surface area contributed by atoms with Gasteiger partial charge in [0.2, 0.25) is 21.7 Å². The molecular formula is C17H24N4O4S. The van der Waals surface area contributed by atoms with Gasteiger partial charge in [-0.2, -0.15) is 4.98 Å². The van der Waals surface area contributed by atoms with E-state index < -0.39 is 16.1 Å². The van der Waals surface area contributed by atoms with Crippen molar-refractivity contribution in [2.45, 2.75) is 19.6 Å². The van der Waals surface area contributed by atoms with Gasteiger partial charge in [-0.25, -0.2) is 12.7 Å². The molecule has 1 fully saturated rings. The van der Waals surface area contributed by atoms with Crippen molar-refractivity contribution < 1.29 is 18.0 Å². The van der Waals surface area contributed by atoms with Crippen LogP contribution in [0.4, 0.5) is 0 Å². The number of likely N-dealkylation sites (tertiary alicyclic amines) is 1. The van der Waals surface area contributed by atoms with Gasteiger partial charge in [-0.1, -0.05) is 29.4 Å². The molecule has 2 aromatic rings. The minimum absolute atomic E-state index is 0.0735. The highest BCUT2D eigenvalue weighted by atomic mass is 32.2. The number of aromatic nitrogens is 2. The van der Waals surface area contributed by atoms with Crippen molar-refractivity contribution in [3.8, 4) is 11.4 Å². The zero-order chi connectivity index (χ0) is 18.9. The number of benzene rings is 1. The minimum atomic E-state index is -3.35. The van der Waals surface area contributed by atoms with E-state index in [4.69, 9.17) is 4.52 Å². The number of sulfonamides is 1. The maximum atomic E-state index is 12.0. The van der Waals surface area contributed by atoms with E-state index in [2.05, 4.69) is 10.1 Å². The summed E-state index contributed by atoms with van der Waals surface area (Å²) in [5.74, 6) is 0.577. The lowest BCUT2D eigenvalue weighted by atomic mass is 10.1. The molecule has 2 atom stereocenters. The number of nitrogens with zero attached hydrogens (tertiary/aromatic N) is 4. The van der Waals surface area contributed by atoms with Crippen LogP contribution in [0, 0.1) is 12.8 Å². The molecule has 0 unspecified atom stereocenters. The van der Waals surface area contributed by atoms with Gasteiger partial charge in [-0.3, -0.25) is 4.90 Å². The van der Waals surface area contributed by atoms with Crippen LogP contribution in [0.5, 0.6) is 0 Å². The van der Waals surface area contributed by atoms with E-state index in [0.717, 1.165) is 11.1 Å². The quantitative estimate of drug-likeness (QED) is 0.788. The second kappa shape index (κ2) is 7.43. The van der Waals surface area contributed by atoms with Crippen molar-refractivity contribution in [2.75, 3.05) is 32.9 Å². The normalized spacial score (nSPS) is 21.6. The summed E-state index contributed by atoms with van der Waals surface area (Å²) in [5.41, 5.74) is 1.98. The fraction of sp³-hybridized carbons (Fsp3) is 0.529. The number of hydrogen-bond acceptors (Lipinski definition) is 7. The average Bonchev–Trinajstić information content (AvgIpc) is 3.15. The van der Waals surface area contributed by atoms with Gasteiger partial charge in [-0.05, 0) is 12.5 Å². The van der Waals surface area contributed by atoms with E-state index >= 15 is 0 Å². The Morgan fingerprint density at radius 1 is 1.31 bits per heavy atom. The number of aliphatic hydroxyl groups is 1. The zero-order valence-electron chi connectivity index (χ0n) is 15.2. The van der Waals surface area contributed by atoms with Crippen LogP contribution in [0.1, 0.15) is 11.5 Å². The Balaban J connectivity index is 1.65. The predicted octanol–water partition coefficient (Wildman–Crippen LogP) is 0.729. The summed E-state index contributed by atoms with van der Waals surface area (Å²) in [6, 6.07) is 7.79. The topological polar surface area (TPSA) is 99.8 Å². The Hall–Kier alpha value is -1.81. The summed E-state index contributed by atoms with van der Waals surface area (Å²) < 4.78 is 30.6. The van der Waals surface area contributed by atoms with E-state index in [1.165, 1.54) is 18.4 Å². The van der Waals surface area contributed by atoms with Crippen molar-refractivity contribution in [3.05, 3.63) is 35.7 Å². The first-order valence-electron chi connectivity index (χ1n) is 8.45. The summed E-state index contributed by atoms with van der Waals surface area (Å²) in [7, 11) is -0.352. The van der Waals surface area contributed by atoms with Crippen LogP contribution < -0.4 is 0 Å². The van der Waals surface area contributed by atoms with Gasteiger partial charge >= 0.3 is 0 Å². The largest absolute Gasteiger partial charge is 0.391 e. The van der Waals surface area contributed by atoms with E-state index in [0.29, 0.717) is 31.3 Å². The highest BCUT2D eigenvalue weighted by Gasteiger charge is 2.35. The summed E-state index contributed by atoms with van der Waals surface area (Å²) >= 11 is 0. The molecule has 26 heavy (non-hydrogen) atoms. The molecule has 1 aromatic carbocycles. The Labute approximate surface area is 153 Å². The molecule has 1 aliphatic heterocycles. The Morgan fingerprint density at radius 3 is 2.73 bits per heavy atom. The zero-order valence-corrected chi connectivity index (χ0v) is 16.0. The molecule has 3 rings (SSSR count). The average molecular weight is 380 g/mol. The van der Waals surface area contributed by atoms with E-state index in [1.54, 1.807) is 0 Å². The summed E-state index contributed by atoms with van der Waals surface area (Å²) in [5, 5.41) is 14.2. The van der Waals surface area contributed by atoms with Gasteiger partial charge in [0.1, 0.15) is 0 Å². The maximum Gasteiger partial charge on any atom is 0.241 e. The molecule has 0 aliphatic carbocycles. The van der Waals surface area contributed by atoms with Crippen LogP contribution in [-0.4, -0.2) is 71.9 Å². The molecule has 1 aromatic heterocycles. The van der Waals surface area contributed by atoms with Crippen molar-refractivity contribution in [1.82, 2.24) is 19.3 Å². The molecule has 1 saturated heterocycles. The van der Waals surface area contributed by atoms with Gasteiger partial charge in [-0.15, -0.1) is 0 Å². The standard InChI is InChI=1S/C17H24N4O4S/c1-12-6-4-5-7-14(12)17-18-16(25-19-17)10-21-8-13(15(22)9-21)11-26(23,24)20(2)3/h4-7,13,15,22H,8-11H2,1-3H3/t13-,15+/m0/s1. The Kier molecular flexibility index (Phi) is 5.42. The number of aliphatic hydroxyl groups excluding tert-OH is 1. The second-order valence-electron chi connectivity index (χ2n) is 6.91. The first-order chi connectivity index (χ1) is 12.3. The van der Waals surface area contributed by atoms with E-state index in [-0.39, 0.29) is 11.7 Å². The number of β-amino-alcohol motifs (C(OH)–C–C–N with tert-alkyl or cyclic N) is 1. The van der Waals surface area contributed by atoms with E-state index in [1.807, 2.05) is 36.1 Å². The molecule has 8 nitrogen and oxygen atoms in total. The maximum absolute atomic E-state index is 12.0. The van der Waals surface area contributed by atoms with Gasteiger partial charge in [0, 0.05) is 38.7 Å². The minimum Gasteiger partial charge on any atom is -0.391 e. The van der Waals surface area contributed by atoms with Crippen LogP contribution in [-0.2, 0) is 16.6 Å². The third-order valence-electron chi connectivity index (χ3n) is 4.68. The molecule has 1 aliphatic rings. The first kappa shape index (κ1) is 19.0. The van der Waals surface area contributed by atoms with Gasteiger partial charge in [0.25, 0.3) is 0 Å². The third kappa shape index (κ3) is 4.12. The van der Waals surface area contributed by atoms with Crippen LogP contribution in [0.2, 0.25) is 0 Å². The monoisotopic (exact) mass is 380 g/mol. The SMILES string of the molecule is Cc1ccccc1-c1noc(CN2C[C@@H](CS(=O)(=O)N(C)C)[C@H](O)C2)n1. The number of hydrogen-bond donors (Lipinski definition) is 1. The number of rotatable bonds is 6. The molecule has 0 saturated carbocycles. The van der Waals surface area contributed by atoms with Crippen LogP contribution in [0.3, 0.4) is 0 Å². The summed E-state index contributed by atoms with van der Waals surface area (Å²) in [6.45, 7) is 3.22. The Morgan fingerprint density at radius 2 is 2.04 bits per heavy atom. The summed E-state index contributed by atoms with van der Waals surface area (Å²) in [6.07, 6.45) is -0.691. The molecule has 0 amide bonds. The van der Waals surface area contributed by atoms with E-state index in [9.17, 15) is 13.5 Å². The van der Waals surface area contributed by atoms with Gasteiger partial charge in [0.15, 0.2) is 0 Å². The highest BCUT2D eigenvalue weighted by Crippen LogP contribution is 2.23. The van der Waals surface area contributed by atoms with Crippen molar-refractivity contribution in [2.24, 2.45) is 5.92 Å². The second-order valence-corrected chi connectivity index (χ2v) is 9.14. The molecular weight excluding hydrogens is 356 g/mol. The smallest absolute Gasteiger partial charge is 0.241 e. The fourth-order valence-corrected chi connectivity index (χ4v) is 4.26. The molecule has 0 spiro atoms. The fourth-order valence-electron chi connectivity index (χ4n) is 3.10. The molecule has 9 heteroatoms. The summed E-state index contributed by atoms with van der Waals surface area (Å²) in [4.78, 5) is 6.37. The molecule has 0 bridgehead atoms. The van der Waals surface area contributed by atoms with Crippen LogP contribution in [0.25, 0.3) is 11.4 Å². The molecule has 0 radical (unpaired) electrons. The first-order valence-corrected chi connectivity index (χ1v) is 10.1. The molecule has 2 heterocycles. The van der Waals surface area contributed by atoms with Gasteiger partial charge < -0.3 is 9.63 Å². The number of aryl methyl sites for hydroxylation is 1. The van der Waals surface area contributed by atoms with Crippen molar-refractivity contribution in [3.63, 3.8) is 0 Å². The van der Waals surface area contributed by atoms with Crippen molar-refractivity contribution in [1.29, 1.82) is 0 Å². The lowest BCUT2D eigenvalue weighted by molar-refractivity contribution is 0.146. The Bertz CT molecular complexity index is 865.